The lowest BCUT2D eigenvalue weighted by molar-refractivity contribution is -0.118. The zero-order valence-corrected chi connectivity index (χ0v) is 12.6. The summed E-state index contributed by atoms with van der Waals surface area (Å²) in [5.74, 6) is 0.754. The first-order chi connectivity index (χ1) is 9.56. The van der Waals surface area contributed by atoms with Gasteiger partial charge in [0.25, 0.3) is 0 Å². The Morgan fingerprint density at radius 3 is 2.85 bits per heavy atom. The molecule has 1 aromatic carbocycles. The molecule has 0 radical (unpaired) electrons. The van der Waals surface area contributed by atoms with Gasteiger partial charge in [0.15, 0.2) is 0 Å². The molecular weight excluding hydrogens is 318 g/mol. The maximum atomic E-state index is 12.3. The molecule has 0 saturated carbocycles. The zero-order valence-electron chi connectivity index (χ0n) is 11.1. The standard InChI is InChI=1S/C15H14BrN3O/c1-9-6-11(16)8-18-15(9)19-13-4-3-12(17)7-10(13)2-5-14(19)20/h3-4,6-8H,2,5,17H2,1H3. The number of rotatable bonds is 1. The van der Waals surface area contributed by atoms with Crippen LogP contribution in [0.2, 0.25) is 0 Å². The van der Waals surface area contributed by atoms with E-state index in [-0.39, 0.29) is 5.91 Å². The van der Waals surface area contributed by atoms with Gasteiger partial charge < -0.3 is 5.73 Å². The van der Waals surface area contributed by atoms with Crippen LogP contribution in [0.25, 0.3) is 0 Å². The highest BCUT2D eigenvalue weighted by atomic mass is 79.9. The van der Waals surface area contributed by atoms with Crippen LogP contribution in [-0.2, 0) is 11.2 Å². The molecule has 20 heavy (non-hydrogen) atoms. The number of nitrogen functional groups attached to an aromatic ring is 1. The number of hydrogen-bond donors (Lipinski definition) is 1. The highest BCUT2D eigenvalue weighted by Gasteiger charge is 2.27. The van der Waals surface area contributed by atoms with Crippen LogP contribution in [-0.4, -0.2) is 10.9 Å². The fourth-order valence-corrected chi connectivity index (χ4v) is 2.96. The molecule has 2 N–H and O–H groups in total. The van der Waals surface area contributed by atoms with Crippen molar-refractivity contribution in [2.45, 2.75) is 19.8 Å². The van der Waals surface area contributed by atoms with Gasteiger partial charge in [0.1, 0.15) is 5.82 Å². The highest BCUT2D eigenvalue weighted by molar-refractivity contribution is 9.10. The number of nitrogens with two attached hydrogens (primary N) is 1. The minimum Gasteiger partial charge on any atom is -0.399 e. The topological polar surface area (TPSA) is 59.2 Å². The second-order valence-corrected chi connectivity index (χ2v) is 5.83. The molecule has 1 aromatic heterocycles. The number of nitrogens with zero attached hydrogens (tertiary/aromatic N) is 2. The quantitative estimate of drug-likeness (QED) is 0.815. The van der Waals surface area contributed by atoms with E-state index < -0.39 is 0 Å². The number of benzene rings is 1. The molecule has 4 nitrogen and oxygen atoms in total. The van der Waals surface area contributed by atoms with Crippen molar-refractivity contribution in [1.29, 1.82) is 0 Å². The number of halogens is 1. The summed E-state index contributed by atoms with van der Waals surface area (Å²) in [6.07, 6.45) is 2.92. The number of amides is 1. The first-order valence-electron chi connectivity index (χ1n) is 6.40. The largest absolute Gasteiger partial charge is 0.399 e. The number of hydrogen-bond acceptors (Lipinski definition) is 3. The van der Waals surface area contributed by atoms with Gasteiger partial charge in [0.2, 0.25) is 5.91 Å². The summed E-state index contributed by atoms with van der Waals surface area (Å²) in [6, 6.07) is 7.60. The molecule has 5 heteroatoms. The van der Waals surface area contributed by atoms with Crippen molar-refractivity contribution in [3.8, 4) is 0 Å². The van der Waals surface area contributed by atoms with Gasteiger partial charge >= 0.3 is 0 Å². The van der Waals surface area contributed by atoms with Crippen molar-refractivity contribution in [3.63, 3.8) is 0 Å². The molecule has 0 unspecified atom stereocenters. The van der Waals surface area contributed by atoms with E-state index in [0.717, 1.165) is 33.4 Å². The zero-order chi connectivity index (χ0) is 14.3. The number of anilines is 3. The van der Waals surface area contributed by atoms with Crippen molar-refractivity contribution in [3.05, 3.63) is 46.1 Å². The molecular formula is C15H14BrN3O. The Balaban J connectivity index is 2.16. The molecule has 1 aliphatic rings. The second-order valence-electron chi connectivity index (χ2n) is 4.91. The smallest absolute Gasteiger partial charge is 0.233 e. The van der Waals surface area contributed by atoms with Crippen LogP contribution in [0.4, 0.5) is 17.2 Å². The third-order valence-corrected chi connectivity index (χ3v) is 3.86. The van der Waals surface area contributed by atoms with Crippen LogP contribution < -0.4 is 10.6 Å². The molecule has 1 aliphatic heterocycles. The van der Waals surface area contributed by atoms with Crippen molar-refractivity contribution < 1.29 is 4.79 Å². The molecule has 0 bridgehead atoms. The lowest BCUT2D eigenvalue weighted by Gasteiger charge is -2.29. The lowest BCUT2D eigenvalue weighted by atomic mass is 10.00. The van der Waals surface area contributed by atoms with E-state index in [0.29, 0.717) is 12.2 Å². The van der Waals surface area contributed by atoms with Crippen LogP contribution in [0.5, 0.6) is 0 Å². The number of aromatic nitrogens is 1. The normalized spacial score (nSPS) is 14.3. The molecule has 0 aliphatic carbocycles. The third kappa shape index (κ3) is 2.18. The second kappa shape index (κ2) is 4.90. The van der Waals surface area contributed by atoms with Crippen molar-refractivity contribution in [2.24, 2.45) is 0 Å². The van der Waals surface area contributed by atoms with Crippen LogP contribution in [0.15, 0.2) is 34.9 Å². The fraction of sp³-hybridized carbons (Fsp3) is 0.200. The van der Waals surface area contributed by atoms with Gasteiger partial charge in [0.05, 0.1) is 5.69 Å². The number of carbonyl (C=O) groups is 1. The predicted octanol–water partition coefficient (Wildman–Crippen LogP) is 3.35. The summed E-state index contributed by atoms with van der Waals surface area (Å²) in [5, 5.41) is 0. The Labute approximate surface area is 125 Å². The average molecular weight is 332 g/mol. The minimum absolute atomic E-state index is 0.0696. The summed E-state index contributed by atoms with van der Waals surface area (Å²) in [6.45, 7) is 1.95. The summed E-state index contributed by atoms with van der Waals surface area (Å²) in [4.78, 5) is 18.4. The van der Waals surface area contributed by atoms with E-state index in [1.54, 1.807) is 11.1 Å². The van der Waals surface area contributed by atoms with Crippen LogP contribution >= 0.6 is 15.9 Å². The van der Waals surface area contributed by atoms with Crippen molar-refractivity contribution >= 4 is 39.0 Å². The number of fused-ring (bicyclic) bond motifs is 1. The molecule has 102 valence electrons. The number of carbonyl (C=O) groups excluding carboxylic acids is 1. The first kappa shape index (κ1) is 13.1. The first-order valence-corrected chi connectivity index (χ1v) is 7.19. The Morgan fingerprint density at radius 2 is 2.10 bits per heavy atom. The van der Waals surface area contributed by atoms with Gasteiger partial charge in [-0.3, -0.25) is 9.69 Å². The Morgan fingerprint density at radius 1 is 1.30 bits per heavy atom. The van der Waals surface area contributed by atoms with E-state index in [4.69, 9.17) is 5.73 Å². The molecule has 0 saturated heterocycles. The molecule has 0 fully saturated rings. The van der Waals surface area contributed by atoms with E-state index in [2.05, 4.69) is 20.9 Å². The van der Waals surface area contributed by atoms with Gasteiger partial charge in [-0.1, -0.05) is 0 Å². The lowest BCUT2D eigenvalue weighted by Crippen LogP contribution is -2.32. The van der Waals surface area contributed by atoms with E-state index in [9.17, 15) is 4.79 Å². The predicted molar refractivity (Wildman–Crippen MR) is 83.0 cm³/mol. The summed E-state index contributed by atoms with van der Waals surface area (Å²) < 4.78 is 0.903. The molecule has 3 rings (SSSR count). The van der Waals surface area contributed by atoms with Gasteiger partial charge in [-0.15, -0.1) is 0 Å². The fourth-order valence-electron chi connectivity index (χ4n) is 2.51. The van der Waals surface area contributed by atoms with E-state index >= 15 is 0 Å². The SMILES string of the molecule is Cc1cc(Br)cnc1N1C(=O)CCc2cc(N)ccc21. The van der Waals surface area contributed by atoms with Crippen molar-refractivity contribution in [2.75, 3.05) is 10.6 Å². The molecule has 0 spiro atoms. The van der Waals surface area contributed by atoms with Crippen LogP contribution in [0.3, 0.4) is 0 Å². The van der Waals surface area contributed by atoms with E-state index in [1.807, 2.05) is 31.2 Å². The number of aryl methyl sites for hydroxylation is 2. The third-order valence-electron chi connectivity index (χ3n) is 3.43. The van der Waals surface area contributed by atoms with Gasteiger partial charge in [0, 0.05) is 22.8 Å². The molecule has 2 aromatic rings. The maximum absolute atomic E-state index is 12.3. The molecule has 1 amide bonds. The Kier molecular flexibility index (Phi) is 3.22. The molecule has 0 atom stereocenters. The van der Waals surface area contributed by atoms with Crippen LogP contribution in [0, 0.1) is 6.92 Å². The minimum atomic E-state index is 0.0696. The monoisotopic (exact) mass is 331 g/mol. The van der Waals surface area contributed by atoms with Gasteiger partial charge in [-0.25, -0.2) is 4.98 Å². The average Bonchev–Trinajstić information content (AvgIpc) is 2.40. The summed E-state index contributed by atoms with van der Waals surface area (Å²) in [5.41, 5.74) is 9.48. The molecule has 2 heterocycles. The Hall–Kier alpha value is -1.88. The number of pyridine rings is 1. The van der Waals surface area contributed by atoms with Crippen molar-refractivity contribution in [1.82, 2.24) is 4.98 Å². The van der Waals surface area contributed by atoms with Crippen LogP contribution in [0.1, 0.15) is 17.5 Å². The van der Waals surface area contributed by atoms with E-state index in [1.165, 1.54) is 0 Å². The summed E-state index contributed by atoms with van der Waals surface area (Å²) in [7, 11) is 0. The van der Waals surface area contributed by atoms with Gasteiger partial charge in [-0.05, 0) is 64.7 Å². The Bertz CT molecular complexity index is 700. The summed E-state index contributed by atoms with van der Waals surface area (Å²) >= 11 is 3.39. The maximum Gasteiger partial charge on any atom is 0.233 e. The highest BCUT2D eigenvalue weighted by Crippen LogP contribution is 2.36. The van der Waals surface area contributed by atoms with Gasteiger partial charge in [-0.2, -0.15) is 0 Å².